The molecule has 0 spiro atoms. The number of carbonyl (C=O) groups is 2. The van der Waals surface area contributed by atoms with E-state index in [-0.39, 0.29) is 29.6 Å². The summed E-state index contributed by atoms with van der Waals surface area (Å²) in [5, 5.41) is 5.54. The van der Waals surface area contributed by atoms with Gasteiger partial charge in [0, 0.05) is 29.3 Å². The molecule has 2 N–H and O–H groups in total. The molecule has 0 radical (unpaired) electrons. The number of pyridine rings is 1. The SMILES string of the molecule is CC(C)(Oc1ccc(Cl)cc1Br)C(=O)NC1CC2CCC(C1)N2c1ccc(C(=O)NCC(F)(F)F)cn1. The van der Waals surface area contributed by atoms with Crippen LogP contribution in [0.4, 0.5) is 19.0 Å². The van der Waals surface area contributed by atoms with Crippen molar-refractivity contribution in [2.45, 2.75) is 69.4 Å². The number of benzene rings is 1. The predicted octanol–water partition coefficient (Wildman–Crippen LogP) is 5.26. The highest BCUT2D eigenvalue weighted by Gasteiger charge is 2.43. The number of hydrogen-bond acceptors (Lipinski definition) is 5. The van der Waals surface area contributed by atoms with Crippen LogP contribution in [0.15, 0.2) is 41.0 Å². The van der Waals surface area contributed by atoms with Crippen LogP contribution in [-0.2, 0) is 4.79 Å². The zero-order valence-corrected chi connectivity index (χ0v) is 22.6. The molecule has 3 heterocycles. The number of halogens is 5. The van der Waals surface area contributed by atoms with Crippen molar-refractivity contribution < 1.29 is 27.5 Å². The number of carbonyl (C=O) groups excluding carboxylic acids is 2. The number of ether oxygens (including phenoxy) is 1. The number of alkyl halides is 3. The average molecular weight is 604 g/mol. The standard InChI is InChI=1S/C25H27BrClF3N4O3/c1-24(2,37-20-7-4-15(27)9-19(20)26)23(36)33-16-10-17-5-6-18(11-16)34(17)21-8-3-14(12-31-21)22(35)32-13-25(28,29)30/h3-4,7-9,12,16-18H,5-6,10-11,13H2,1-2H3,(H,32,35)(H,33,36). The Kier molecular flexibility index (Phi) is 7.94. The van der Waals surface area contributed by atoms with E-state index < -0.39 is 24.2 Å². The average Bonchev–Trinajstić information content (AvgIpc) is 3.09. The number of amides is 2. The molecule has 2 atom stereocenters. The van der Waals surface area contributed by atoms with Gasteiger partial charge in [0.1, 0.15) is 18.1 Å². The Labute approximate surface area is 226 Å². The van der Waals surface area contributed by atoms with E-state index in [2.05, 4.69) is 31.1 Å². The normalized spacial score (nSPS) is 21.5. The summed E-state index contributed by atoms with van der Waals surface area (Å²) in [7, 11) is 0. The van der Waals surface area contributed by atoms with Gasteiger partial charge in [-0.1, -0.05) is 11.6 Å². The Balaban J connectivity index is 1.35. The summed E-state index contributed by atoms with van der Waals surface area (Å²) < 4.78 is 43.7. The maximum Gasteiger partial charge on any atom is 0.405 e. The third kappa shape index (κ3) is 6.67. The molecule has 2 amide bonds. The number of aromatic nitrogens is 1. The maximum absolute atomic E-state index is 13.1. The van der Waals surface area contributed by atoms with Gasteiger partial charge in [0.2, 0.25) is 0 Å². The number of fused-ring (bicyclic) bond motifs is 2. The molecule has 2 fully saturated rings. The van der Waals surface area contributed by atoms with E-state index in [4.69, 9.17) is 16.3 Å². The van der Waals surface area contributed by atoms with Crippen molar-refractivity contribution in [3.8, 4) is 5.75 Å². The molecule has 2 aromatic rings. The van der Waals surface area contributed by atoms with Crippen molar-refractivity contribution in [1.29, 1.82) is 0 Å². The second-order valence-corrected chi connectivity index (χ2v) is 11.1. The minimum Gasteiger partial charge on any atom is -0.477 e. The van der Waals surface area contributed by atoms with Crippen molar-refractivity contribution in [2.75, 3.05) is 11.4 Å². The first-order valence-electron chi connectivity index (χ1n) is 11.9. The molecule has 0 saturated carbocycles. The Morgan fingerprint density at radius 1 is 1.16 bits per heavy atom. The second kappa shape index (κ2) is 10.7. The third-order valence-electron chi connectivity index (χ3n) is 6.60. The predicted molar refractivity (Wildman–Crippen MR) is 137 cm³/mol. The summed E-state index contributed by atoms with van der Waals surface area (Å²) >= 11 is 9.40. The summed E-state index contributed by atoms with van der Waals surface area (Å²) in [5.74, 6) is 0.137. The number of piperidine rings is 1. The highest BCUT2D eigenvalue weighted by Crippen LogP contribution is 2.39. The smallest absolute Gasteiger partial charge is 0.405 e. The van der Waals surface area contributed by atoms with Gasteiger partial charge in [0.15, 0.2) is 5.60 Å². The van der Waals surface area contributed by atoms with Crippen molar-refractivity contribution >= 4 is 45.2 Å². The van der Waals surface area contributed by atoms with Gasteiger partial charge in [0.25, 0.3) is 11.8 Å². The Morgan fingerprint density at radius 2 is 1.84 bits per heavy atom. The van der Waals surface area contributed by atoms with Gasteiger partial charge in [-0.15, -0.1) is 0 Å². The number of nitrogens with zero attached hydrogens (tertiary/aromatic N) is 2. The second-order valence-electron chi connectivity index (χ2n) is 9.82. The van der Waals surface area contributed by atoms with Gasteiger partial charge in [-0.3, -0.25) is 9.59 Å². The number of nitrogens with one attached hydrogen (secondary N) is 2. The Morgan fingerprint density at radius 3 is 2.41 bits per heavy atom. The van der Waals surface area contributed by atoms with Crippen LogP contribution in [-0.4, -0.2) is 53.2 Å². The van der Waals surface area contributed by atoms with E-state index in [1.807, 2.05) is 5.32 Å². The molecule has 200 valence electrons. The third-order valence-corrected chi connectivity index (χ3v) is 7.45. The molecule has 2 saturated heterocycles. The lowest BCUT2D eigenvalue weighted by Crippen LogP contribution is -2.55. The van der Waals surface area contributed by atoms with Crippen LogP contribution in [0.25, 0.3) is 0 Å². The van der Waals surface area contributed by atoms with Crippen LogP contribution in [0.3, 0.4) is 0 Å². The molecule has 1 aromatic heterocycles. The monoisotopic (exact) mass is 602 g/mol. The molecular weight excluding hydrogens is 577 g/mol. The van der Waals surface area contributed by atoms with Crippen LogP contribution in [0, 0.1) is 0 Å². The molecular formula is C25H27BrClF3N4O3. The van der Waals surface area contributed by atoms with Crippen molar-refractivity contribution in [3.63, 3.8) is 0 Å². The summed E-state index contributed by atoms with van der Waals surface area (Å²) in [4.78, 5) is 31.6. The Bertz CT molecular complexity index is 1150. The number of anilines is 1. The summed E-state index contributed by atoms with van der Waals surface area (Å²) in [6.45, 7) is 2.03. The first-order valence-corrected chi connectivity index (χ1v) is 13.0. The fraction of sp³-hybridized carbons (Fsp3) is 0.480. The first kappa shape index (κ1) is 27.5. The topological polar surface area (TPSA) is 83.6 Å². The van der Waals surface area contributed by atoms with Crippen LogP contribution in [0.2, 0.25) is 5.02 Å². The molecule has 2 bridgehead atoms. The van der Waals surface area contributed by atoms with E-state index >= 15 is 0 Å². The van der Waals surface area contributed by atoms with Gasteiger partial charge in [-0.2, -0.15) is 13.2 Å². The lowest BCUT2D eigenvalue weighted by molar-refractivity contribution is -0.135. The van der Waals surface area contributed by atoms with Gasteiger partial charge < -0.3 is 20.3 Å². The van der Waals surface area contributed by atoms with E-state index in [9.17, 15) is 22.8 Å². The minimum atomic E-state index is -4.48. The van der Waals surface area contributed by atoms with E-state index in [1.165, 1.54) is 12.3 Å². The van der Waals surface area contributed by atoms with Gasteiger partial charge in [-0.05, 0) is 85.8 Å². The highest BCUT2D eigenvalue weighted by molar-refractivity contribution is 9.10. The lowest BCUT2D eigenvalue weighted by atomic mass is 9.96. The minimum absolute atomic E-state index is 0.0368. The van der Waals surface area contributed by atoms with Crippen LogP contribution < -0.4 is 20.3 Å². The largest absolute Gasteiger partial charge is 0.477 e. The van der Waals surface area contributed by atoms with Crippen LogP contribution in [0.1, 0.15) is 49.9 Å². The molecule has 2 aliphatic rings. The molecule has 0 aliphatic carbocycles. The summed E-state index contributed by atoms with van der Waals surface area (Å²) in [6, 6.07) is 8.51. The summed E-state index contributed by atoms with van der Waals surface area (Å²) in [6.07, 6.45) is 0.129. The lowest BCUT2D eigenvalue weighted by Gasteiger charge is -2.40. The Hall–Kier alpha value is -2.53. The quantitative estimate of drug-likeness (QED) is 0.451. The molecule has 2 aliphatic heterocycles. The van der Waals surface area contributed by atoms with Gasteiger partial charge in [0.05, 0.1) is 10.0 Å². The summed E-state index contributed by atoms with van der Waals surface area (Å²) in [5.41, 5.74) is -1.05. The van der Waals surface area contributed by atoms with Crippen molar-refractivity contribution in [3.05, 3.63) is 51.6 Å². The van der Waals surface area contributed by atoms with E-state index in [1.54, 1.807) is 38.1 Å². The highest BCUT2D eigenvalue weighted by atomic mass is 79.9. The zero-order chi connectivity index (χ0) is 27.0. The molecule has 12 heteroatoms. The van der Waals surface area contributed by atoms with E-state index in [0.717, 1.165) is 25.7 Å². The van der Waals surface area contributed by atoms with Crippen LogP contribution >= 0.6 is 27.5 Å². The van der Waals surface area contributed by atoms with Crippen molar-refractivity contribution in [1.82, 2.24) is 15.6 Å². The fourth-order valence-corrected chi connectivity index (χ4v) is 5.63. The number of rotatable bonds is 7. The molecule has 1 aromatic carbocycles. The van der Waals surface area contributed by atoms with Crippen molar-refractivity contribution in [2.24, 2.45) is 0 Å². The number of hydrogen-bond donors (Lipinski definition) is 2. The van der Waals surface area contributed by atoms with Gasteiger partial charge in [-0.25, -0.2) is 4.98 Å². The first-order chi connectivity index (χ1) is 17.3. The van der Waals surface area contributed by atoms with Crippen LogP contribution in [0.5, 0.6) is 5.75 Å². The zero-order valence-electron chi connectivity index (χ0n) is 20.2. The van der Waals surface area contributed by atoms with E-state index in [0.29, 0.717) is 21.1 Å². The molecule has 37 heavy (non-hydrogen) atoms. The molecule has 2 unspecified atom stereocenters. The van der Waals surface area contributed by atoms with Gasteiger partial charge >= 0.3 is 6.18 Å². The fourth-order valence-electron chi connectivity index (χ4n) is 4.86. The maximum atomic E-state index is 13.1. The molecule has 4 rings (SSSR count). The molecule has 7 nitrogen and oxygen atoms in total.